The molecule has 78 valence electrons. The highest BCUT2D eigenvalue weighted by Gasteiger charge is 2.14. The van der Waals surface area contributed by atoms with Crippen LogP contribution in [0.3, 0.4) is 0 Å². The summed E-state index contributed by atoms with van der Waals surface area (Å²) in [6, 6.07) is 0. The zero-order valence-electron chi connectivity index (χ0n) is 9.09. The zero-order valence-corrected chi connectivity index (χ0v) is 9.09. The van der Waals surface area contributed by atoms with Gasteiger partial charge in [0.15, 0.2) is 0 Å². The molecule has 0 saturated carbocycles. The Hall–Kier alpha value is -0.0800. The predicted molar refractivity (Wildman–Crippen MR) is 55.9 cm³/mol. The fraction of sp³-hybridized carbons (Fsp3) is 1.00. The second-order valence-electron chi connectivity index (χ2n) is 4.04. The van der Waals surface area contributed by atoms with Gasteiger partial charge in [0.1, 0.15) is 0 Å². The van der Waals surface area contributed by atoms with Crippen LogP contribution < -0.4 is 0 Å². The summed E-state index contributed by atoms with van der Waals surface area (Å²) in [5.41, 5.74) is 0. The van der Waals surface area contributed by atoms with Crippen LogP contribution in [0.15, 0.2) is 0 Å². The SMILES string of the molecule is CC[C@H]1CCCN(CCOC)CC1. The maximum atomic E-state index is 5.10. The first-order chi connectivity index (χ1) is 6.36. The molecule has 0 radical (unpaired) electrons. The van der Waals surface area contributed by atoms with Gasteiger partial charge in [0.05, 0.1) is 6.61 Å². The second kappa shape index (κ2) is 6.39. The fourth-order valence-corrected chi connectivity index (χ4v) is 2.08. The Kier molecular flexibility index (Phi) is 5.40. The summed E-state index contributed by atoms with van der Waals surface area (Å²) in [4.78, 5) is 2.54. The summed E-state index contributed by atoms with van der Waals surface area (Å²) in [6.45, 7) is 6.88. The molecule has 2 nitrogen and oxygen atoms in total. The molecule has 0 N–H and O–H groups in total. The molecule has 2 heteroatoms. The van der Waals surface area contributed by atoms with Crippen molar-refractivity contribution in [2.45, 2.75) is 32.6 Å². The maximum absolute atomic E-state index is 5.10. The minimum atomic E-state index is 0.886. The summed E-state index contributed by atoms with van der Waals surface area (Å²) in [6.07, 6.45) is 5.56. The fourth-order valence-electron chi connectivity index (χ4n) is 2.08. The topological polar surface area (TPSA) is 12.5 Å². The van der Waals surface area contributed by atoms with Crippen molar-refractivity contribution in [2.75, 3.05) is 33.4 Å². The third-order valence-electron chi connectivity index (χ3n) is 3.13. The first-order valence-electron chi connectivity index (χ1n) is 5.58. The van der Waals surface area contributed by atoms with E-state index in [1.807, 2.05) is 0 Å². The predicted octanol–water partition coefficient (Wildman–Crippen LogP) is 2.14. The van der Waals surface area contributed by atoms with Crippen LogP contribution in [0.2, 0.25) is 0 Å². The molecule has 1 heterocycles. The van der Waals surface area contributed by atoms with Gasteiger partial charge in [0.25, 0.3) is 0 Å². The second-order valence-corrected chi connectivity index (χ2v) is 4.04. The molecule has 1 rings (SSSR count). The average molecular weight is 185 g/mol. The molecule has 0 bridgehead atoms. The number of rotatable bonds is 4. The molecule has 1 atom stereocenters. The molecule has 0 amide bonds. The van der Waals surface area contributed by atoms with Gasteiger partial charge in [-0.25, -0.2) is 0 Å². The van der Waals surface area contributed by atoms with Gasteiger partial charge < -0.3 is 9.64 Å². The minimum Gasteiger partial charge on any atom is -0.383 e. The lowest BCUT2D eigenvalue weighted by molar-refractivity contribution is 0.149. The van der Waals surface area contributed by atoms with E-state index in [2.05, 4.69) is 11.8 Å². The first-order valence-corrected chi connectivity index (χ1v) is 5.58. The average Bonchev–Trinajstić information content (AvgIpc) is 2.39. The van der Waals surface area contributed by atoms with Gasteiger partial charge in [-0.3, -0.25) is 0 Å². The van der Waals surface area contributed by atoms with E-state index in [4.69, 9.17) is 4.74 Å². The molecule has 1 fully saturated rings. The van der Waals surface area contributed by atoms with Crippen molar-refractivity contribution in [2.24, 2.45) is 5.92 Å². The lowest BCUT2D eigenvalue weighted by Gasteiger charge is -2.19. The monoisotopic (exact) mass is 185 g/mol. The largest absolute Gasteiger partial charge is 0.383 e. The standard InChI is InChI=1S/C11H23NO/c1-3-11-5-4-7-12(8-6-11)9-10-13-2/h11H,3-10H2,1-2H3/t11-/m0/s1. The molecule has 1 aliphatic rings. The van der Waals surface area contributed by atoms with Crippen LogP contribution in [0.25, 0.3) is 0 Å². The molecular formula is C11H23NO. The highest BCUT2D eigenvalue weighted by molar-refractivity contribution is 4.68. The van der Waals surface area contributed by atoms with Gasteiger partial charge in [-0.15, -0.1) is 0 Å². The van der Waals surface area contributed by atoms with E-state index >= 15 is 0 Å². The molecule has 0 unspecified atom stereocenters. The summed E-state index contributed by atoms with van der Waals surface area (Å²) in [7, 11) is 1.78. The van der Waals surface area contributed by atoms with Gasteiger partial charge in [-0.1, -0.05) is 13.3 Å². The zero-order chi connectivity index (χ0) is 9.52. The molecule has 13 heavy (non-hydrogen) atoms. The van der Waals surface area contributed by atoms with Crippen LogP contribution in [0, 0.1) is 5.92 Å². The van der Waals surface area contributed by atoms with Crippen LogP contribution in [0.1, 0.15) is 32.6 Å². The normalized spacial score (nSPS) is 25.8. The lowest BCUT2D eigenvalue weighted by atomic mass is 9.98. The summed E-state index contributed by atoms with van der Waals surface area (Å²) >= 11 is 0. The number of methoxy groups -OCH3 is 1. The number of ether oxygens (including phenoxy) is 1. The van der Waals surface area contributed by atoms with E-state index in [1.54, 1.807) is 7.11 Å². The lowest BCUT2D eigenvalue weighted by Crippen LogP contribution is -2.28. The van der Waals surface area contributed by atoms with Gasteiger partial charge in [0, 0.05) is 13.7 Å². The van der Waals surface area contributed by atoms with E-state index in [0.29, 0.717) is 0 Å². The van der Waals surface area contributed by atoms with Crippen molar-refractivity contribution >= 4 is 0 Å². The van der Waals surface area contributed by atoms with E-state index in [0.717, 1.165) is 19.1 Å². The van der Waals surface area contributed by atoms with E-state index in [1.165, 1.54) is 38.8 Å². The molecule has 0 aliphatic carbocycles. The highest BCUT2D eigenvalue weighted by Crippen LogP contribution is 2.19. The summed E-state index contributed by atoms with van der Waals surface area (Å²) in [5.74, 6) is 0.979. The van der Waals surface area contributed by atoms with Gasteiger partial charge >= 0.3 is 0 Å². The Morgan fingerprint density at radius 1 is 1.31 bits per heavy atom. The molecular weight excluding hydrogens is 162 g/mol. The van der Waals surface area contributed by atoms with Gasteiger partial charge in [-0.2, -0.15) is 0 Å². The number of nitrogens with zero attached hydrogens (tertiary/aromatic N) is 1. The van der Waals surface area contributed by atoms with Crippen molar-refractivity contribution in [3.05, 3.63) is 0 Å². The van der Waals surface area contributed by atoms with E-state index < -0.39 is 0 Å². The van der Waals surface area contributed by atoms with Crippen LogP contribution >= 0.6 is 0 Å². The van der Waals surface area contributed by atoms with Crippen molar-refractivity contribution in [3.63, 3.8) is 0 Å². The van der Waals surface area contributed by atoms with Crippen LogP contribution in [-0.4, -0.2) is 38.3 Å². The highest BCUT2D eigenvalue weighted by atomic mass is 16.5. The van der Waals surface area contributed by atoms with E-state index in [9.17, 15) is 0 Å². The summed E-state index contributed by atoms with van der Waals surface area (Å²) in [5, 5.41) is 0. The summed E-state index contributed by atoms with van der Waals surface area (Å²) < 4.78 is 5.10. The molecule has 0 aromatic rings. The van der Waals surface area contributed by atoms with Crippen LogP contribution in [0.5, 0.6) is 0 Å². The Balaban J connectivity index is 2.19. The first kappa shape index (κ1) is 11.0. The van der Waals surface area contributed by atoms with Crippen LogP contribution in [-0.2, 0) is 4.74 Å². The molecule has 0 aromatic carbocycles. The number of hydrogen-bond acceptors (Lipinski definition) is 2. The third-order valence-corrected chi connectivity index (χ3v) is 3.13. The maximum Gasteiger partial charge on any atom is 0.0589 e. The van der Waals surface area contributed by atoms with Crippen molar-refractivity contribution in [1.82, 2.24) is 4.90 Å². The Morgan fingerprint density at radius 2 is 2.15 bits per heavy atom. The third kappa shape index (κ3) is 4.10. The molecule has 0 spiro atoms. The van der Waals surface area contributed by atoms with Crippen molar-refractivity contribution in [1.29, 1.82) is 0 Å². The van der Waals surface area contributed by atoms with Crippen molar-refractivity contribution < 1.29 is 4.74 Å². The van der Waals surface area contributed by atoms with Gasteiger partial charge in [0.2, 0.25) is 0 Å². The Bertz CT molecular complexity index is 127. The molecule has 0 aromatic heterocycles. The molecule has 1 saturated heterocycles. The molecule has 1 aliphatic heterocycles. The van der Waals surface area contributed by atoms with E-state index in [-0.39, 0.29) is 0 Å². The number of likely N-dealkylation sites (tertiary alicyclic amines) is 1. The van der Waals surface area contributed by atoms with Crippen molar-refractivity contribution in [3.8, 4) is 0 Å². The smallest absolute Gasteiger partial charge is 0.0589 e. The van der Waals surface area contributed by atoms with Gasteiger partial charge in [-0.05, 0) is 38.3 Å². The number of hydrogen-bond donors (Lipinski definition) is 0. The Labute approximate surface area is 82.3 Å². The van der Waals surface area contributed by atoms with Crippen LogP contribution in [0.4, 0.5) is 0 Å². The quantitative estimate of drug-likeness (QED) is 0.665. The Morgan fingerprint density at radius 3 is 2.85 bits per heavy atom. The minimum absolute atomic E-state index is 0.886.